The molecule has 0 spiro atoms. The highest BCUT2D eigenvalue weighted by atomic mass is 19.1. The molecule has 0 bridgehead atoms. The van der Waals surface area contributed by atoms with Crippen LogP contribution in [0.15, 0.2) is 218 Å². The van der Waals surface area contributed by atoms with Crippen LogP contribution in [0, 0.1) is 51.0 Å². The summed E-state index contributed by atoms with van der Waals surface area (Å²) in [4.78, 5) is 3.65. The second-order valence-electron chi connectivity index (χ2n) is 19.3. The van der Waals surface area contributed by atoms with Gasteiger partial charge in [0.05, 0.1) is 22.7 Å². The van der Waals surface area contributed by atoms with Crippen LogP contribution in [0.5, 0.6) is 0 Å². The van der Waals surface area contributed by atoms with Gasteiger partial charge in [-0.1, -0.05) is 133 Å². The molecule has 0 fully saturated rings. The normalized spacial score (nSPS) is 11.5. The fraction of sp³-hybridized carbons (Fsp3) is 0.0588. The predicted octanol–water partition coefficient (Wildman–Crippen LogP) is 20.0. The van der Waals surface area contributed by atoms with Crippen LogP contribution in [0.4, 0.5) is 51.7 Å². The van der Waals surface area contributed by atoms with Crippen LogP contribution < -0.4 is 9.80 Å². The van der Waals surface area contributed by atoms with E-state index < -0.39 is 23.3 Å². The number of hydrogen-bond acceptors (Lipinski definition) is 2. The van der Waals surface area contributed by atoms with Crippen molar-refractivity contribution >= 4 is 66.4 Å². The van der Waals surface area contributed by atoms with E-state index in [1.165, 1.54) is 24.3 Å². The monoisotopic (exact) mass is 968 g/mol. The third kappa shape index (κ3) is 8.09. The fourth-order valence-electron chi connectivity index (χ4n) is 11.0. The quantitative estimate of drug-likeness (QED) is 0.0995. The van der Waals surface area contributed by atoms with Crippen molar-refractivity contribution in [2.45, 2.75) is 27.7 Å². The van der Waals surface area contributed by atoms with E-state index in [-0.39, 0.29) is 11.4 Å². The van der Waals surface area contributed by atoms with Gasteiger partial charge in [-0.25, -0.2) is 17.6 Å². The Morgan fingerprint density at radius 2 is 0.595 bits per heavy atom. The topological polar surface area (TPSA) is 6.48 Å². The summed E-state index contributed by atoms with van der Waals surface area (Å²) in [5.74, 6) is -2.35. The molecule has 0 aromatic heterocycles. The highest BCUT2D eigenvalue weighted by Gasteiger charge is 2.27. The van der Waals surface area contributed by atoms with Crippen LogP contribution in [0.3, 0.4) is 0 Å². The molecular formula is C68H48F4N2. The van der Waals surface area contributed by atoms with Crippen molar-refractivity contribution in [1.29, 1.82) is 0 Å². The molecule has 0 aliphatic rings. The Kier molecular flexibility index (Phi) is 11.6. The van der Waals surface area contributed by atoms with Gasteiger partial charge in [0.2, 0.25) is 0 Å². The molecule has 0 atom stereocenters. The lowest BCUT2D eigenvalue weighted by atomic mass is 9.90. The zero-order valence-corrected chi connectivity index (χ0v) is 41.2. The molecule has 0 unspecified atom stereocenters. The average molecular weight is 969 g/mol. The Morgan fingerprint density at radius 3 is 0.919 bits per heavy atom. The van der Waals surface area contributed by atoms with E-state index in [2.05, 4.69) is 88.4 Å². The van der Waals surface area contributed by atoms with Crippen molar-refractivity contribution in [1.82, 2.24) is 0 Å². The van der Waals surface area contributed by atoms with E-state index in [9.17, 15) is 0 Å². The van der Waals surface area contributed by atoms with Crippen LogP contribution in [0.25, 0.3) is 76.8 Å². The maximum Gasteiger partial charge on any atom is 0.147 e. The van der Waals surface area contributed by atoms with Crippen molar-refractivity contribution < 1.29 is 17.6 Å². The smallest absolute Gasteiger partial charge is 0.147 e. The summed E-state index contributed by atoms with van der Waals surface area (Å²) in [6.07, 6.45) is 0. The van der Waals surface area contributed by atoms with Gasteiger partial charge < -0.3 is 9.80 Å². The molecular weight excluding hydrogens is 921 g/mol. The third-order valence-electron chi connectivity index (χ3n) is 14.6. The zero-order valence-electron chi connectivity index (χ0n) is 41.2. The molecule has 74 heavy (non-hydrogen) atoms. The molecule has 0 aliphatic carbocycles. The maximum absolute atomic E-state index is 16.7. The number of anilines is 6. The summed E-state index contributed by atoms with van der Waals surface area (Å²) in [6.45, 7) is 8.29. The lowest BCUT2D eigenvalue weighted by Crippen LogP contribution is -2.14. The Hall–Kier alpha value is -9.00. The molecule has 2 nitrogen and oxygen atoms in total. The van der Waals surface area contributed by atoms with Crippen LogP contribution in [0.2, 0.25) is 0 Å². The van der Waals surface area contributed by atoms with Crippen molar-refractivity contribution in [3.63, 3.8) is 0 Å². The second kappa shape index (κ2) is 18.6. The molecule has 0 heterocycles. The minimum absolute atomic E-state index is 0.0455. The first-order valence-electron chi connectivity index (χ1n) is 24.7. The number of aryl methyl sites for hydroxylation is 4. The first kappa shape index (κ1) is 46.1. The summed E-state index contributed by atoms with van der Waals surface area (Å²) in [5.41, 5.74) is 14.6. The minimum Gasteiger partial charge on any atom is -0.307 e. The molecule has 0 radical (unpaired) electrons. The third-order valence-corrected chi connectivity index (χ3v) is 14.6. The van der Waals surface area contributed by atoms with Gasteiger partial charge in [-0.15, -0.1) is 0 Å². The Bertz CT molecular complexity index is 3760. The van der Waals surface area contributed by atoms with Gasteiger partial charge >= 0.3 is 0 Å². The van der Waals surface area contributed by atoms with E-state index in [0.717, 1.165) is 111 Å². The first-order valence-corrected chi connectivity index (χ1v) is 24.7. The van der Waals surface area contributed by atoms with E-state index in [0.29, 0.717) is 22.7 Å². The van der Waals surface area contributed by atoms with E-state index >= 15 is 17.6 Å². The summed E-state index contributed by atoms with van der Waals surface area (Å²) >= 11 is 0. The largest absolute Gasteiger partial charge is 0.307 e. The Morgan fingerprint density at radius 1 is 0.284 bits per heavy atom. The molecule has 0 aliphatic heterocycles. The van der Waals surface area contributed by atoms with Crippen molar-refractivity contribution in [3.05, 3.63) is 264 Å². The Labute approximate surface area is 428 Å². The van der Waals surface area contributed by atoms with Gasteiger partial charge in [0.25, 0.3) is 0 Å². The van der Waals surface area contributed by atoms with Gasteiger partial charge in [0, 0.05) is 34.3 Å². The molecule has 12 aromatic carbocycles. The average Bonchev–Trinajstić information content (AvgIpc) is 3.42. The number of nitrogens with zero attached hydrogens (tertiary/aromatic N) is 2. The summed E-state index contributed by atoms with van der Waals surface area (Å²) in [5, 5.41) is 5.16. The molecule has 0 N–H and O–H groups in total. The number of rotatable bonds is 10. The first-order chi connectivity index (χ1) is 36.0. The lowest BCUT2D eigenvalue weighted by molar-refractivity contribution is 0.601. The van der Waals surface area contributed by atoms with Crippen molar-refractivity contribution in [3.8, 4) is 44.5 Å². The fourth-order valence-corrected chi connectivity index (χ4v) is 11.0. The van der Waals surface area contributed by atoms with Crippen LogP contribution >= 0.6 is 0 Å². The molecule has 0 saturated heterocycles. The van der Waals surface area contributed by atoms with Crippen LogP contribution in [-0.4, -0.2) is 0 Å². The van der Waals surface area contributed by atoms with Crippen LogP contribution in [0.1, 0.15) is 22.3 Å². The summed E-state index contributed by atoms with van der Waals surface area (Å²) < 4.78 is 64.8. The Balaban J connectivity index is 1.14. The highest BCUT2D eigenvalue weighted by Crippen LogP contribution is 2.50. The standard InChI is InChI=1S/C68H48F4N2/c1-41-13-5-9-17-55(41)47-33-48(56-18-10-6-14-42(56)2)36-53(35-47)73(65-39-51(69)25-29-61(65)71)63-31-23-45-22-28-60-64(32-24-46-21-27-59(63)67(45)68(46)60)74(66-40-52(70)26-30-62(66)72)54-37-49(57-19-11-7-15-43(57)3)34-50(38-54)58-20-12-8-16-44(58)4/h5-40H,1-4H3. The highest BCUT2D eigenvalue weighted by molar-refractivity contribution is 6.28. The maximum atomic E-state index is 16.7. The molecule has 358 valence electrons. The molecule has 6 heteroatoms. The molecule has 12 rings (SSSR count). The number of benzene rings is 12. The summed E-state index contributed by atoms with van der Waals surface area (Å²) in [7, 11) is 0. The van der Waals surface area contributed by atoms with E-state index in [1.54, 1.807) is 0 Å². The predicted molar refractivity (Wildman–Crippen MR) is 300 cm³/mol. The van der Waals surface area contributed by atoms with Crippen molar-refractivity contribution in [2.75, 3.05) is 9.80 Å². The zero-order chi connectivity index (χ0) is 50.8. The van der Waals surface area contributed by atoms with Crippen LogP contribution in [-0.2, 0) is 0 Å². The van der Waals surface area contributed by atoms with Gasteiger partial charge in [0.1, 0.15) is 23.3 Å². The number of hydrogen-bond donors (Lipinski definition) is 0. The number of halogens is 4. The van der Waals surface area contributed by atoms with E-state index in [1.807, 2.05) is 131 Å². The molecule has 12 aromatic rings. The second-order valence-corrected chi connectivity index (χ2v) is 19.3. The minimum atomic E-state index is -0.594. The molecule has 0 saturated carbocycles. The molecule has 0 amide bonds. The van der Waals surface area contributed by atoms with Gasteiger partial charge in [0.15, 0.2) is 0 Å². The summed E-state index contributed by atoms with van der Waals surface area (Å²) in [6, 6.07) is 68.5. The SMILES string of the molecule is Cc1ccccc1-c1cc(-c2ccccc2C)cc(N(c2cc(F)ccc2F)c2ccc3ccc4c(N(c5cc(-c6ccccc6C)cc(-c6ccccc6C)c5)c5cc(F)ccc5F)ccc5ccc2c3c54)c1. The van der Waals surface area contributed by atoms with Crippen molar-refractivity contribution in [2.24, 2.45) is 0 Å². The van der Waals surface area contributed by atoms with Gasteiger partial charge in [-0.2, -0.15) is 0 Å². The van der Waals surface area contributed by atoms with Gasteiger partial charge in [-0.3, -0.25) is 0 Å². The van der Waals surface area contributed by atoms with E-state index in [4.69, 9.17) is 0 Å². The van der Waals surface area contributed by atoms with Gasteiger partial charge in [-0.05, 0) is 189 Å². The lowest BCUT2D eigenvalue weighted by Gasteiger charge is -2.30.